The predicted octanol–water partition coefficient (Wildman–Crippen LogP) is 7.52. The number of methoxy groups -OCH3 is 1. The molecule has 0 spiro atoms. The van der Waals surface area contributed by atoms with Gasteiger partial charge in [0, 0.05) is 12.1 Å². The van der Waals surface area contributed by atoms with Gasteiger partial charge in [0.25, 0.3) is 5.91 Å². The third-order valence-electron chi connectivity index (χ3n) is 6.22. The SMILES string of the molecule is CCCCCCCCCCCCN1C(=O)/C(=C/C2=Cc3cccc(OC)c3OC2C)SC1=S. The fourth-order valence-electron chi connectivity index (χ4n) is 4.24. The highest BCUT2D eigenvalue weighted by Crippen LogP contribution is 2.39. The Hall–Kier alpha value is -1.79. The molecule has 2 aliphatic rings. The van der Waals surface area contributed by atoms with Crippen LogP contribution >= 0.6 is 24.0 Å². The maximum absolute atomic E-state index is 13.0. The van der Waals surface area contributed by atoms with Crippen molar-refractivity contribution in [2.45, 2.75) is 84.2 Å². The number of amides is 1. The minimum Gasteiger partial charge on any atom is -0.493 e. The first kappa shape index (κ1) is 25.8. The van der Waals surface area contributed by atoms with E-state index < -0.39 is 0 Å². The summed E-state index contributed by atoms with van der Waals surface area (Å²) in [4.78, 5) is 15.4. The van der Waals surface area contributed by atoms with Gasteiger partial charge < -0.3 is 9.47 Å². The maximum Gasteiger partial charge on any atom is 0.266 e. The van der Waals surface area contributed by atoms with Gasteiger partial charge in [0.2, 0.25) is 0 Å². The third kappa shape index (κ3) is 7.10. The van der Waals surface area contributed by atoms with E-state index in [9.17, 15) is 4.79 Å². The minimum absolute atomic E-state index is 0.0189. The number of rotatable bonds is 13. The third-order valence-corrected chi connectivity index (χ3v) is 7.60. The van der Waals surface area contributed by atoms with Gasteiger partial charge in [-0.25, -0.2) is 0 Å². The number of thiocarbonyl (C=S) groups is 1. The number of ether oxygens (including phenoxy) is 2. The number of hydrogen-bond donors (Lipinski definition) is 0. The molecular formula is C27H37NO3S2. The summed E-state index contributed by atoms with van der Waals surface area (Å²) >= 11 is 6.91. The normalized spacial score (nSPS) is 19.0. The molecule has 1 atom stereocenters. The summed E-state index contributed by atoms with van der Waals surface area (Å²) in [6.07, 6.45) is 16.6. The van der Waals surface area contributed by atoms with E-state index in [-0.39, 0.29) is 12.0 Å². The lowest BCUT2D eigenvalue weighted by Gasteiger charge is -2.24. The first-order valence-electron chi connectivity index (χ1n) is 12.4. The predicted molar refractivity (Wildman–Crippen MR) is 143 cm³/mol. The van der Waals surface area contributed by atoms with Gasteiger partial charge in [-0.05, 0) is 37.1 Å². The van der Waals surface area contributed by atoms with E-state index in [0.29, 0.717) is 15.8 Å². The molecule has 2 heterocycles. The van der Waals surface area contributed by atoms with Crippen molar-refractivity contribution in [1.82, 2.24) is 4.90 Å². The Morgan fingerprint density at radius 2 is 1.76 bits per heavy atom. The van der Waals surface area contributed by atoms with E-state index >= 15 is 0 Å². The van der Waals surface area contributed by atoms with Crippen LogP contribution in [0.15, 0.2) is 34.8 Å². The number of thioether (sulfide) groups is 1. The first-order chi connectivity index (χ1) is 16.0. The van der Waals surface area contributed by atoms with Gasteiger partial charge in [0.15, 0.2) is 11.5 Å². The topological polar surface area (TPSA) is 38.8 Å². The highest BCUT2D eigenvalue weighted by atomic mass is 32.2. The standard InChI is InChI=1S/C27H37NO3S2/c1-4-5-6-7-8-9-10-11-12-13-17-28-26(29)24(33-27(28)32)19-22-18-21-15-14-16-23(30-3)25(21)31-20(22)2/h14-16,18-20H,4-13,17H2,1-3H3/b24-19-. The summed E-state index contributed by atoms with van der Waals surface area (Å²) in [5.74, 6) is 1.49. The van der Waals surface area contributed by atoms with Gasteiger partial charge in [-0.1, -0.05) is 101 Å². The Morgan fingerprint density at radius 3 is 2.42 bits per heavy atom. The van der Waals surface area contributed by atoms with Gasteiger partial charge in [-0.15, -0.1) is 0 Å². The molecule has 0 saturated carbocycles. The monoisotopic (exact) mass is 487 g/mol. The van der Waals surface area contributed by atoms with Gasteiger partial charge >= 0.3 is 0 Å². The summed E-state index contributed by atoms with van der Waals surface area (Å²) in [7, 11) is 1.64. The molecule has 2 aliphatic heterocycles. The lowest BCUT2D eigenvalue weighted by atomic mass is 10.0. The molecule has 1 fully saturated rings. The molecule has 6 heteroatoms. The fraction of sp³-hybridized carbons (Fsp3) is 0.556. The molecule has 0 aromatic heterocycles. The number of nitrogens with zero attached hydrogens (tertiary/aromatic N) is 1. The zero-order valence-electron chi connectivity index (χ0n) is 20.2. The zero-order valence-corrected chi connectivity index (χ0v) is 21.9. The Morgan fingerprint density at radius 1 is 1.09 bits per heavy atom. The van der Waals surface area contributed by atoms with Crippen molar-refractivity contribution < 1.29 is 14.3 Å². The summed E-state index contributed by atoms with van der Waals surface area (Å²) in [5, 5.41) is 0. The zero-order chi connectivity index (χ0) is 23.6. The van der Waals surface area contributed by atoms with E-state index in [0.717, 1.165) is 35.5 Å². The molecule has 3 rings (SSSR count). The van der Waals surface area contributed by atoms with Gasteiger partial charge in [-0.2, -0.15) is 0 Å². The number of hydrogen-bond acceptors (Lipinski definition) is 5. The van der Waals surface area contributed by atoms with Crippen molar-refractivity contribution in [3.05, 3.63) is 40.3 Å². The molecular weight excluding hydrogens is 450 g/mol. The molecule has 0 bridgehead atoms. The van der Waals surface area contributed by atoms with Crippen LogP contribution in [0.25, 0.3) is 6.08 Å². The van der Waals surface area contributed by atoms with Gasteiger partial charge in [0.05, 0.1) is 12.0 Å². The van der Waals surface area contributed by atoms with Crippen LogP contribution in [0, 0.1) is 0 Å². The van der Waals surface area contributed by atoms with Gasteiger partial charge in [-0.3, -0.25) is 9.69 Å². The average Bonchev–Trinajstić information content (AvgIpc) is 3.07. The molecule has 0 aliphatic carbocycles. The first-order valence-corrected chi connectivity index (χ1v) is 13.6. The molecule has 180 valence electrons. The second-order valence-corrected chi connectivity index (χ2v) is 10.5. The lowest BCUT2D eigenvalue weighted by molar-refractivity contribution is -0.122. The Labute approximate surface area is 208 Å². The molecule has 1 amide bonds. The van der Waals surface area contributed by atoms with Crippen LogP contribution in [0.3, 0.4) is 0 Å². The number of benzene rings is 1. The largest absolute Gasteiger partial charge is 0.493 e. The quantitative estimate of drug-likeness (QED) is 0.163. The van der Waals surface area contributed by atoms with Crippen molar-refractivity contribution in [3.63, 3.8) is 0 Å². The molecule has 4 nitrogen and oxygen atoms in total. The Balaban J connectivity index is 1.49. The summed E-state index contributed by atoms with van der Waals surface area (Å²) in [6.45, 7) is 4.96. The van der Waals surface area contributed by atoms with Crippen molar-refractivity contribution in [2.24, 2.45) is 0 Å². The molecule has 1 aromatic carbocycles. The van der Waals surface area contributed by atoms with Crippen LogP contribution in [0.4, 0.5) is 0 Å². The van der Waals surface area contributed by atoms with Crippen LogP contribution in [-0.4, -0.2) is 34.9 Å². The summed E-state index contributed by atoms with van der Waals surface area (Å²) in [6, 6.07) is 5.83. The Bertz CT molecular complexity index is 893. The highest BCUT2D eigenvalue weighted by Gasteiger charge is 2.32. The average molecular weight is 488 g/mol. The molecule has 1 unspecified atom stereocenters. The number of fused-ring (bicyclic) bond motifs is 1. The van der Waals surface area contributed by atoms with E-state index in [1.807, 2.05) is 31.2 Å². The van der Waals surface area contributed by atoms with Crippen LogP contribution in [0.2, 0.25) is 0 Å². The fourth-order valence-corrected chi connectivity index (χ4v) is 5.54. The van der Waals surface area contributed by atoms with Crippen LogP contribution in [-0.2, 0) is 4.79 Å². The molecule has 1 saturated heterocycles. The summed E-state index contributed by atoms with van der Waals surface area (Å²) < 4.78 is 12.2. The molecule has 1 aromatic rings. The second-order valence-electron chi connectivity index (χ2n) is 8.80. The smallest absolute Gasteiger partial charge is 0.266 e. The van der Waals surface area contributed by atoms with E-state index in [2.05, 4.69) is 13.0 Å². The molecule has 0 radical (unpaired) electrons. The minimum atomic E-state index is -0.167. The van der Waals surface area contributed by atoms with Crippen LogP contribution < -0.4 is 9.47 Å². The highest BCUT2D eigenvalue weighted by molar-refractivity contribution is 8.26. The van der Waals surface area contributed by atoms with E-state index in [1.165, 1.54) is 63.1 Å². The number of carbonyl (C=O) groups excluding carboxylic acids is 1. The van der Waals surface area contributed by atoms with Gasteiger partial charge in [0.1, 0.15) is 10.4 Å². The maximum atomic E-state index is 13.0. The van der Waals surface area contributed by atoms with Crippen molar-refractivity contribution in [2.75, 3.05) is 13.7 Å². The number of para-hydroxylation sites is 1. The molecule has 33 heavy (non-hydrogen) atoms. The second kappa shape index (κ2) is 13.2. The number of unbranched alkanes of at least 4 members (excludes halogenated alkanes) is 9. The molecule has 0 N–H and O–H groups in total. The van der Waals surface area contributed by atoms with Crippen LogP contribution in [0.5, 0.6) is 11.5 Å². The van der Waals surface area contributed by atoms with Crippen molar-refractivity contribution in [1.29, 1.82) is 0 Å². The Kier molecular flexibility index (Phi) is 10.3. The van der Waals surface area contributed by atoms with Crippen molar-refractivity contribution >= 4 is 40.3 Å². The lowest BCUT2D eigenvalue weighted by Crippen LogP contribution is -2.29. The van der Waals surface area contributed by atoms with E-state index in [1.54, 1.807) is 12.0 Å². The van der Waals surface area contributed by atoms with Crippen molar-refractivity contribution in [3.8, 4) is 11.5 Å². The van der Waals surface area contributed by atoms with Crippen LogP contribution in [0.1, 0.15) is 83.6 Å². The van der Waals surface area contributed by atoms with E-state index in [4.69, 9.17) is 21.7 Å². The number of carbonyl (C=O) groups is 1. The summed E-state index contributed by atoms with van der Waals surface area (Å²) in [5.41, 5.74) is 1.93.